The molecule has 0 aliphatic carbocycles. The zero-order valence-electron chi connectivity index (χ0n) is 16.4. The second kappa shape index (κ2) is 8.31. The van der Waals surface area contributed by atoms with Crippen molar-refractivity contribution in [1.29, 1.82) is 0 Å². The number of carbonyl (C=O) groups is 1. The number of imidazole rings is 1. The van der Waals surface area contributed by atoms with Crippen LogP contribution in [-0.4, -0.2) is 38.5 Å². The number of halogens is 2. The maximum atomic E-state index is 14.0. The predicted molar refractivity (Wildman–Crippen MR) is 106 cm³/mol. The Bertz CT molecular complexity index is 1070. The summed E-state index contributed by atoms with van der Waals surface area (Å²) in [6, 6.07) is 1.80. The first kappa shape index (κ1) is 20.1. The fourth-order valence-electron chi connectivity index (χ4n) is 3.71. The molecule has 1 aromatic carbocycles. The Morgan fingerprint density at radius 2 is 2.17 bits per heavy atom. The molecule has 1 unspecified atom stereocenters. The number of H-pyrrole nitrogens is 1. The van der Waals surface area contributed by atoms with Crippen molar-refractivity contribution in [2.24, 2.45) is 5.73 Å². The van der Waals surface area contributed by atoms with E-state index >= 15 is 0 Å². The number of hydrogen-bond acceptors (Lipinski definition) is 6. The minimum absolute atomic E-state index is 0.109. The van der Waals surface area contributed by atoms with Crippen LogP contribution in [0.25, 0.3) is 11.2 Å². The molecule has 1 amide bonds. The molecule has 1 aliphatic heterocycles. The number of nitrogens with one attached hydrogen (secondary N) is 1. The van der Waals surface area contributed by atoms with E-state index in [0.29, 0.717) is 36.1 Å². The number of nitrogens with two attached hydrogens (primary N) is 1. The lowest BCUT2D eigenvalue weighted by molar-refractivity contribution is -0.119. The molecule has 3 N–H and O–H groups in total. The topological polar surface area (TPSA) is 110 Å². The zero-order chi connectivity index (χ0) is 21.3. The number of carbonyl (C=O) groups excluding carboxylic acids is 1. The molecule has 0 fully saturated rings. The number of hydrogen-bond donors (Lipinski definition) is 2. The Labute approximate surface area is 171 Å². The monoisotopic (exact) mass is 416 g/mol. The van der Waals surface area contributed by atoms with Gasteiger partial charge in [-0.1, -0.05) is 6.42 Å². The van der Waals surface area contributed by atoms with Crippen molar-refractivity contribution in [2.45, 2.75) is 44.7 Å². The third kappa shape index (κ3) is 3.70. The minimum atomic E-state index is -1.07. The second-order valence-electron chi connectivity index (χ2n) is 7.35. The minimum Gasteiger partial charge on any atom is -0.486 e. The summed E-state index contributed by atoms with van der Waals surface area (Å²) in [4.78, 5) is 29.7. The molecule has 0 bridgehead atoms. The molecular formula is C20H22F2N6O2. The molecule has 3 aromatic rings. The fraction of sp³-hybridized carbons (Fsp3) is 0.400. The molecule has 0 saturated carbocycles. The smallest absolute Gasteiger partial charge is 0.227 e. The van der Waals surface area contributed by atoms with Crippen LogP contribution < -0.4 is 15.4 Å². The predicted octanol–water partition coefficient (Wildman–Crippen LogP) is 3.01. The molecule has 1 aliphatic rings. The summed E-state index contributed by atoms with van der Waals surface area (Å²) in [6.45, 7) is 1.92. The van der Waals surface area contributed by atoms with Gasteiger partial charge >= 0.3 is 0 Å². The van der Waals surface area contributed by atoms with Crippen molar-refractivity contribution in [1.82, 2.24) is 19.9 Å². The van der Waals surface area contributed by atoms with Crippen LogP contribution in [0, 0.1) is 11.6 Å². The van der Waals surface area contributed by atoms with Gasteiger partial charge < -0.3 is 20.4 Å². The molecule has 3 heterocycles. The standard InChI is InChI=1S/C20H22F2N6O2/c1-11-8-30-19-14(7-6-12(21)16(19)22)28(11)15(29)5-3-2-4-13(23)17-18-20(26-9-24-17)27-10-25-18/h6-7,9-11,13H,2-5,8,23H2,1H3,(H,24,25,26,27)/t11-,13?/m0/s1. The van der Waals surface area contributed by atoms with Crippen LogP contribution in [0.5, 0.6) is 5.75 Å². The molecule has 2 atom stereocenters. The molecule has 0 radical (unpaired) electrons. The summed E-state index contributed by atoms with van der Waals surface area (Å²) < 4.78 is 32.8. The Hall–Kier alpha value is -3.14. The maximum Gasteiger partial charge on any atom is 0.227 e. The first-order valence-electron chi connectivity index (χ1n) is 9.79. The average Bonchev–Trinajstić information content (AvgIpc) is 3.22. The van der Waals surface area contributed by atoms with E-state index in [9.17, 15) is 13.6 Å². The summed E-state index contributed by atoms with van der Waals surface area (Å²) in [5.41, 5.74) is 8.50. The summed E-state index contributed by atoms with van der Waals surface area (Å²) in [5, 5.41) is 0. The molecule has 10 heteroatoms. The van der Waals surface area contributed by atoms with Crippen LogP contribution in [0.2, 0.25) is 0 Å². The SMILES string of the molecule is C[C@H]1COc2c(ccc(F)c2F)N1C(=O)CCCCC(N)c1ncnc2nc[nH]c12. The van der Waals surface area contributed by atoms with Gasteiger partial charge in [0.05, 0.1) is 23.8 Å². The van der Waals surface area contributed by atoms with Crippen molar-refractivity contribution < 1.29 is 18.3 Å². The van der Waals surface area contributed by atoms with Crippen LogP contribution in [0.3, 0.4) is 0 Å². The zero-order valence-corrected chi connectivity index (χ0v) is 16.4. The van der Waals surface area contributed by atoms with E-state index in [1.54, 1.807) is 6.33 Å². The van der Waals surface area contributed by atoms with E-state index < -0.39 is 11.6 Å². The molecular weight excluding hydrogens is 394 g/mol. The van der Waals surface area contributed by atoms with Gasteiger partial charge in [0.1, 0.15) is 18.5 Å². The van der Waals surface area contributed by atoms with Crippen LogP contribution >= 0.6 is 0 Å². The second-order valence-corrected chi connectivity index (χ2v) is 7.35. The molecule has 8 nitrogen and oxygen atoms in total. The van der Waals surface area contributed by atoms with Gasteiger partial charge in [0.2, 0.25) is 11.7 Å². The van der Waals surface area contributed by atoms with Crippen molar-refractivity contribution in [3.63, 3.8) is 0 Å². The van der Waals surface area contributed by atoms with E-state index in [1.807, 2.05) is 6.92 Å². The Balaban J connectivity index is 1.36. The Morgan fingerprint density at radius 1 is 1.33 bits per heavy atom. The van der Waals surface area contributed by atoms with Crippen LogP contribution in [0.1, 0.15) is 44.3 Å². The Morgan fingerprint density at radius 3 is 3.00 bits per heavy atom. The van der Waals surface area contributed by atoms with Gasteiger partial charge in [-0.25, -0.2) is 19.3 Å². The third-order valence-electron chi connectivity index (χ3n) is 5.23. The van der Waals surface area contributed by atoms with Gasteiger partial charge in [-0.2, -0.15) is 4.39 Å². The molecule has 2 aromatic heterocycles. The number of benzene rings is 1. The first-order valence-corrected chi connectivity index (χ1v) is 9.79. The number of aromatic amines is 1. The van der Waals surface area contributed by atoms with E-state index in [1.165, 1.54) is 17.3 Å². The van der Waals surface area contributed by atoms with E-state index in [0.717, 1.165) is 6.07 Å². The third-order valence-corrected chi connectivity index (χ3v) is 5.23. The fourth-order valence-corrected chi connectivity index (χ4v) is 3.71. The summed E-state index contributed by atoms with van der Waals surface area (Å²) in [7, 11) is 0. The van der Waals surface area contributed by atoms with Gasteiger partial charge in [-0.15, -0.1) is 0 Å². The number of fused-ring (bicyclic) bond motifs is 2. The molecule has 4 rings (SSSR count). The lowest BCUT2D eigenvalue weighted by atomic mass is 10.0. The molecule has 30 heavy (non-hydrogen) atoms. The van der Waals surface area contributed by atoms with Crippen LogP contribution in [-0.2, 0) is 4.79 Å². The largest absolute Gasteiger partial charge is 0.486 e. The number of rotatable bonds is 6. The lowest BCUT2D eigenvalue weighted by Gasteiger charge is -2.35. The highest BCUT2D eigenvalue weighted by Crippen LogP contribution is 2.37. The van der Waals surface area contributed by atoms with Gasteiger partial charge in [-0.05, 0) is 31.9 Å². The molecule has 0 saturated heterocycles. The first-order chi connectivity index (χ1) is 14.5. The van der Waals surface area contributed by atoms with Crippen molar-refractivity contribution in [3.8, 4) is 5.75 Å². The van der Waals surface area contributed by atoms with Gasteiger partial charge in [-0.3, -0.25) is 4.79 Å². The van der Waals surface area contributed by atoms with E-state index in [2.05, 4.69) is 19.9 Å². The summed E-state index contributed by atoms with van der Waals surface area (Å²) in [5.74, 6) is -2.45. The number of nitrogens with zero attached hydrogens (tertiary/aromatic N) is 4. The highest BCUT2D eigenvalue weighted by molar-refractivity contribution is 5.96. The number of ether oxygens (including phenoxy) is 1. The quantitative estimate of drug-likeness (QED) is 0.598. The van der Waals surface area contributed by atoms with Gasteiger partial charge in [0.25, 0.3) is 0 Å². The van der Waals surface area contributed by atoms with Crippen LogP contribution in [0.15, 0.2) is 24.8 Å². The van der Waals surface area contributed by atoms with Gasteiger partial charge in [0.15, 0.2) is 17.2 Å². The van der Waals surface area contributed by atoms with Gasteiger partial charge in [0, 0.05) is 12.5 Å². The number of anilines is 1. The lowest BCUT2D eigenvalue weighted by Crippen LogP contribution is -2.45. The number of amides is 1. The van der Waals surface area contributed by atoms with Crippen LogP contribution in [0.4, 0.5) is 14.5 Å². The summed E-state index contributed by atoms with van der Waals surface area (Å²) >= 11 is 0. The highest BCUT2D eigenvalue weighted by Gasteiger charge is 2.32. The maximum absolute atomic E-state index is 14.0. The normalized spacial score (nSPS) is 16.9. The van der Waals surface area contributed by atoms with Crippen molar-refractivity contribution >= 4 is 22.8 Å². The highest BCUT2D eigenvalue weighted by atomic mass is 19.2. The van der Waals surface area contributed by atoms with E-state index in [4.69, 9.17) is 10.5 Å². The van der Waals surface area contributed by atoms with Crippen molar-refractivity contribution in [2.75, 3.05) is 11.5 Å². The van der Waals surface area contributed by atoms with E-state index in [-0.39, 0.29) is 42.5 Å². The van der Waals surface area contributed by atoms with Crippen molar-refractivity contribution in [3.05, 3.63) is 42.1 Å². The molecule has 158 valence electrons. The number of aromatic nitrogens is 4. The Kier molecular flexibility index (Phi) is 5.58. The summed E-state index contributed by atoms with van der Waals surface area (Å²) in [6.07, 6.45) is 5.18. The molecule has 0 spiro atoms. The number of unbranched alkanes of at least 4 members (excludes halogenated alkanes) is 1. The average molecular weight is 416 g/mol.